The molecule has 0 aliphatic rings. The first-order valence-corrected chi connectivity index (χ1v) is 4.98. The van der Waals surface area contributed by atoms with Crippen molar-refractivity contribution >= 4 is 0 Å². The Labute approximate surface area is 78.1 Å². The highest BCUT2D eigenvalue weighted by molar-refractivity contribution is 4.91. The average molecular weight is 168 g/mol. The molecule has 0 N–H and O–H groups in total. The molecule has 0 nitrogen and oxygen atoms in total. The van der Waals surface area contributed by atoms with Gasteiger partial charge in [0.1, 0.15) is 0 Å². The SMILES string of the molecule is C=CCC(C)(CCC)C(C)(C)C. The summed E-state index contributed by atoms with van der Waals surface area (Å²) in [6.45, 7) is 15.4. The highest BCUT2D eigenvalue weighted by Crippen LogP contribution is 2.45. The van der Waals surface area contributed by atoms with Crippen molar-refractivity contribution in [1.29, 1.82) is 0 Å². The zero-order valence-electron chi connectivity index (χ0n) is 9.41. The van der Waals surface area contributed by atoms with Crippen LogP contribution in [0.5, 0.6) is 0 Å². The van der Waals surface area contributed by atoms with Crippen LogP contribution in [-0.2, 0) is 0 Å². The molecule has 0 saturated heterocycles. The van der Waals surface area contributed by atoms with Crippen molar-refractivity contribution in [2.45, 2.75) is 53.9 Å². The molecule has 0 aromatic carbocycles. The van der Waals surface area contributed by atoms with Crippen LogP contribution < -0.4 is 0 Å². The van der Waals surface area contributed by atoms with E-state index in [1.807, 2.05) is 0 Å². The van der Waals surface area contributed by atoms with Crippen molar-refractivity contribution in [3.63, 3.8) is 0 Å². The summed E-state index contributed by atoms with van der Waals surface area (Å²) in [6, 6.07) is 0. The fourth-order valence-electron chi connectivity index (χ4n) is 1.65. The Morgan fingerprint density at radius 2 is 1.67 bits per heavy atom. The van der Waals surface area contributed by atoms with Crippen LogP contribution in [0.25, 0.3) is 0 Å². The number of rotatable bonds is 4. The van der Waals surface area contributed by atoms with E-state index < -0.39 is 0 Å². The molecule has 0 aromatic rings. The van der Waals surface area contributed by atoms with Crippen LogP contribution in [0.15, 0.2) is 12.7 Å². The van der Waals surface area contributed by atoms with Gasteiger partial charge in [0.05, 0.1) is 0 Å². The van der Waals surface area contributed by atoms with Crippen molar-refractivity contribution in [2.75, 3.05) is 0 Å². The summed E-state index contributed by atoms with van der Waals surface area (Å²) in [4.78, 5) is 0. The summed E-state index contributed by atoms with van der Waals surface area (Å²) in [6.07, 6.45) is 5.75. The van der Waals surface area contributed by atoms with E-state index in [-0.39, 0.29) is 0 Å². The lowest BCUT2D eigenvalue weighted by Gasteiger charge is -2.41. The summed E-state index contributed by atoms with van der Waals surface area (Å²) in [5, 5.41) is 0. The van der Waals surface area contributed by atoms with Crippen molar-refractivity contribution in [3.8, 4) is 0 Å². The van der Waals surface area contributed by atoms with Gasteiger partial charge in [0.2, 0.25) is 0 Å². The highest BCUT2D eigenvalue weighted by Gasteiger charge is 2.34. The molecule has 72 valence electrons. The molecule has 0 heterocycles. The van der Waals surface area contributed by atoms with Gasteiger partial charge < -0.3 is 0 Å². The number of hydrogen-bond acceptors (Lipinski definition) is 0. The zero-order chi connectivity index (χ0) is 9.83. The van der Waals surface area contributed by atoms with Gasteiger partial charge in [0, 0.05) is 0 Å². The summed E-state index contributed by atoms with van der Waals surface area (Å²) >= 11 is 0. The number of hydrogen-bond donors (Lipinski definition) is 0. The van der Waals surface area contributed by atoms with Gasteiger partial charge in [-0.15, -0.1) is 6.58 Å². The maximum absolute atomic E-state index is 3.84. The van der Waals surface area contributed by atoms with Crippen LogP contribution in [0.3, 0.4) is 0 Å². The van der Waals surface area contributed by atoms with E-state index in [0.717, 1.165) is 6.42 Å². The van der Waals surface area contributed by atoms with E-state index in [9.17, 15) is 0 Å². The van der Waals surface area contributed by atoms with Gasteiger partial charge in [-0.05, 0) is 23.7 Å². The first-order chi connectivity index (χ1) is 5.37. The molecule has 1 unspecified atom stereocenters. The topological polar surface area (TPSA) is 0 Å². The van der Waals surface area contributed by atoms with Gasteiger partial charge in [-0.3, -0.25) is 0 Å². The Kier molecular flexibility index (Phi) is 4.02. The second kappa shape index (κ2) is 4.11. The molecule has 0 radical (unpaired) electrons. The molecule has 12 heavy (non-hydrogen) atoms. The predicted molar refractivity (Wildman–Crippen MR) is 57.3 cm³/mol. The second-order valence-electron chi connectivity index (χ2n) is 5.05. The van der Waals surface area contributed by atoms with E-state index in [1.165, 1.54) is 12.8 Å². The van der Waals surface area contributed by atoms with Gasteiger partial charge in [-0.25, -0.2) is 0 Å². The van der Waals surface area contributed by atoms with E-state index in [4.69, 9.17) is 0 Å². The lowest BCUT2D eigenvalue weighted by atomic mass is 9.64. The molecule has 0 amide bonds. The predicted octanol–water partition coefficient (Wildman–Crippen LogP) is 4.42. The van der Waals surface area contributed by atoms with Crippen LogP contribution in [0.2, 0.25) is 0 Å². The Morgan fingerprint density at radius 3 is 1.92 bits per heavy atom. The Balaban J connectivity index is 4.48. The van der Waals surface area contributed by atoms with Gasteiger partial charge in [0.15, 0.2) is 0 Å². The lowest BCUT2D eigenvalue weighted by molar-refractivity contribution is 0.0986. The summed E-state index contributed by atoms with van der Waals surface area (Å²) in [5.74, 6) is 0. The Morgan fingerprint density at radius 1 is 1.17 bits per heavy atom. The molecule has 0 bridgehead atoms. The van der Waals surface area contributed by atoms with Crippen molar-refractivity contribution < 1.29 is 0 Å². The van der Waals surface area contributed by atoms with Gasteiger partial charge in [-0.2, -0.15) is 0 Å². The van der Waals surface area contributed by atoms with Crippen molar-refractivity contribution in [3.05, 3.63) is 12.7 Å². The molecule has 0 rings (SSSR count). The van der Waals surface area contributed by atoms with Gasteiger partial charge in [0.25, 0.3) is 0 Å². The van der Waals surface area contributed by atoms with Crippen molar-refractivity contribution in [1.82, 2.24) is 0 Å². The third-order valence-electron chi connectivity index (χ3n) is 3.21. The van der Waals surface area contributed by atoms with Crippen molar-refractivity contribution in [2.24, 2.45) is 10.8 Å². The van der Waals surface area contributed by atoms with E-state index >= 15 is 0 Å². The van der Waals surface area contributed by atoms with Crippen LogP contribution in [0, 0.1) is 10.8 Å². The standard InChI is InChI=1S/C12H24/c1-7-9-12(6,10-8-2)11(3,4)5/h7H,1,8-10H2,2-6H3. The first kappa shape index (κ1) is 11.7. The molecular weight excluding hydrogens is 144 g/mol. The normalized spacial score (nSPS) is 17.1. The third-order valence-corrected chi connectivity index (χ3v) is 3.21. The quantitative estimate of drug-likeness (QED) is 0.545. The largest absolute Gasteiger partial charge is 0.103 e. The molecule has 0 aliphatic carbocycles. The fraction of sp³-hybridized carbons (Fsp3) is 0.833. The maximum atomic E-state index is 3.84. The van der Waals surface area contributed by atoms with Gasteiger partial charge in [-0.1, -0.05) is 47.1 Å². The number of allylic oxidation sites excluding steroid dienone is 1. The molecule has 1 atom stereocenters. The molecule has 0 spiro atoms. The Hall–Kier alpha value is -0.260. The zero-order valence-corrected chi connectivity index (χ0v) is 9.41. The molecule has 0 fully saturated rings. The minimum absolute atomic E-state index is 0.386. The summed E-state index contributed by atoms with van der Waals surface area (Å²) in [5.41, 5.74) is 0.806. The molecular formula is C12H24. The molecule has 0 aliphatic heterocycles. The fourth-order valence-corrected chi connectivity index (χ4v) is 1.65. The smallest absolute Gasteiger partial charge is 0.0243 e. The molecule has 0 heteroatoms. The monoisotopic (exact) mass is 168 g/mol. The first-order valence-electron chi connectivity index (χ1n) is 4.98. The van der Waals surface area contributed by atoms with E-state index in [1.54, 1.807) is 0 Å². The summed E-state index contributed by atoms with van der Waals surface area (Å²) < 4.78 is 0. The average Bonchev–Trinajstić information content (AvgIpc) is 1.86. The van der Waals surface area contributed by atoms with E-state index in [2.05, 4.69) is 47.3 Å². The molecule has 0 aromatic heterocycles. The minimum Gasteiger partial charge on any atom is -0.103 e. The van der Waals surface area contributed by atoms with Crippen LogP contribution in [0.4, 0.5) is 0 Å². The van der Waals surface area contributed by atoms with E-state index in [0.29, 0.717) is 10.8 Å². The third kappa shape index (κ3) is 2.66. The minimum atomic E-state index is 0.386. The Bertz CT molecular complexity index is 139. The lowest BCUT2D eigenvalue weighted by Crippen LogP contribution is -2.32. The van der Waals surface area contributed by atoms with Gasteiger partial charge >= 0.3 is 0 Å². The van der Waals surface area contributed by atoms with Crippen LogP contribution in [0.1, 0.15) is 53.9 Å². The van der Waals surface area contributed by atoms with Crippen LogP contribution in [-0.4, -0.2) is 0 Å². The van der Waals surface area contributed by atoms with Crippen LogP contribution >= 0.6 is 0 Å². The summed E-state index contributed by atoms with van der Waals surface area (Å²) in [7, 11) is 0. The second-order valence-corrected chi connectivity index (χ2v) is 5.05. The maximum Gasteiger partial charge on any atom is -0.0243 e. The molecule has 0 saturated carbocycles. The highest BCUT2D eigenvalue weighted by atomic mass is 14.4.